The number of fused-ring (bicyclic) bond motifs is 3. The largest absolute Gasteiger partial charge is 0.508 e. The van der Waals surface area contributed by atoms with E-state index in [2.05, 4.69) is 59.2 Å². The zero-order chi connectivity index (χ0) is 61.3. The van der Waals surface area contributed by atoms with Gasteiger partial charge in [0.05, 0.1) is 77.7 Å². The first-order chi connectivity index (χ1) is 41.6. The van der Waals surface area contributed by atoms with E-state index in [1.54, 1.807) is 24.3 Å². The molecule has 0 saturated heterocycles. The van der Waals surface area contributed by atoms with Gasteiger partial charge in [-0.15, -0.1) is 0 Å². The quantitative estimate of drug-likeness (QED) is 0.0121. The molecule has 8 N–H and O–H groups in total. The Kier molecular flexibility index (Phi) is 27.1. The van der Waals surface area contributed by atoms with E-state index in [4.69, 9.17) is 40.3 Å². The number of hydrogen-bond acceptors (Lipinski definition) is 14. The predicted molar refractivity (Wildman–Crippen MR) is 335 cm³/mol. The SMILES string of the molecule is C=C1CCC(O)C/C1=C/C=C1\CCC[C@]2(C)[C@@H]([C@H](C)C(=O)NCCCCNC(=O)CCOCCOCCOCCOCCOCCC(=O)NCCCCCNC(=S)Nc3ccc(-c4c5ccc(=O)cc-5oc5cc(O)ccc45)c(C(=O)O)c3)CC[C@@H]12. The van der Waals surface area contributed by atoms with Crippen LogP contribution in [-0.2, 0) is 38.1 Å². The summed E-state index contributed by atoms with van der Waals surface area (Å²) in [6.45, 7) is 14.7. The lowest BCUT2D eigenvalue weighted by Gasteiger charge is -2.44. The van der Waals surface area contributed by atoms with Crippen molar-refractivity contribution in [1.29, 1.82) is 0 Å². The number of ether oxygens (including phenoxy) is 5. The summed E-state index contributed by atoms with van der Waals surface area (Å²) >= 11 is 5.48. The van der Waals surface area contributed by atoms with Crippen LogP contribution >= 0.6 is 12.2 Å². The number of phenols is 1. The third kappa shape index (κ3) is 20.3. The zero-order valence-corrected chi connectivity index (χ0v) is 50.9. The number of carbonyl (C=O) groups is 4. The molecule has 3 amide bonds. The smallest absolute Gasteiger partial charge is 0.336 e. The molecule has 5 aliphatic rings. The van der Waals surface area contributed by atoms with Crippen LogP contribution in [-0.4, -0.2) is 142 Å². The maximum absolute atomic E-state index is 13.3. The maximum Gasteiger partial charge on any atom is 0.336 e. The van der Waals surface area contributed by atoms with Crippen LogP contribution in [0.5, 0.6) is 5.75 Å². The van der Waals surface area contributed by atoms with Crippen molar-refractivity contribution in [2.45, 2.75) is 116 Å². The van der Waals surface area contributed by atoms with Crippen molar-refractivity contribution >= 4 is 57.7 Å². The Morgan fingerprint density at radius 1 is 0.733 bits per heavy atom. The summed E-state index contributed by atoms with van der Waals surface area (Å²) in [6, 6.07) is 13.8. The predicted octanol–water partition coefficient (Wildman–Crippen LogP) is 9.22. The molecule has 0 radical (unpaired) electrons. The van der Waals surface area contributed by atoms with Crippen molar-refractivity contribution < 1.29 is 62.6 Å². The molecular weight excluding hydrogens is 1120 g/mol. The lowest BCUT2D eigenvalue weighted by Crippen LogP contribution is -2.41. The van der Waals surface area contributed by atoms with Crippen molar-refractivity contribution in [1.82, 2.24) is 21.3 Å². The Bertz CT molecular complexity index is 3020. The molecule has 1 unspecified atom stereocenters. The third-order valence-electron chi connectivity index (χ3n) is 16.8. The number of carboxylic acids is 1. The van der Waals surface area contributed by atoms with Gasteiger partial charge in [-0.05, 0) is 160 Å². The number of rotatable bonds is 35. The van der Waals surface area contributed by atoms with Gasteiger partial charge in [0.2, 0.25) is 17.7 Å². The average Bonchev–Trinajstić information content (AvgIpc) is 1.34. The second-order valence-electron chi connectivity index (χ2n) is 22.9. The lowest BCUT2D eigenvalue weighted by molar-refractivity contribution is -0.128. The summed E-state index contributed by atoms with van der Waals surface area (Å²) in [4.78, 5) is 62.6. The maximum atomic E-state index is 13.3. The van der Waals surface area contributed by atoms with Crippen LogP contribution in [0.1, 0.15) is 121 Å². The Labute approximate surface area is 510 Å². The fraction of sp³-hybridized carbons (Fsp3) is 0.545. The topological polar surface area (TPSA) is 265 Å². The standard InChI is InChI=1S/C66H89N5O14S/c1-44-11-15-49(72)40-47(44)13-12-46-10-9-25-66(3)56(21-22-57(46)66)45(2)63(77)69-28-8-7-27-68-61(76)24-31-81-33-35-83-37-39-84-38-36-82-34-32-80-30-23-60(75)67-26-5-4-6-29-70-65(86)71-48-14-18-52(55(41-48)64(78)79)62-53-19-16-50(73)42-58(53)85-59-43-51(74)17-20-54(59)62/h12-14,16-20,41-43,45,49,56-57,72-73H,1,4-11,15,21-40H2,2-3H3,(H,67,75)(H,68,76)(H,69,77)(H,78,79)(H2,70,71,86)/b46-12+,47-13-/t45-,49?,56+,57-,66+/m0/s1. The van der Waals surface area contributed by atoms with Gasteiger partial charge in [0.15, 0.2) is 10.5 Å². The summed E-state index contributed by atoms with van der Waals surface area (Å²) in [6.07, 6.45) is 16.6. The molecule has 0 aromatic heterocycles. The van der Waals surface area contributed by atoms with Gasteiger partial charge in [0.25, 0.3) is 0 Å². The van der Waals surface area contributed by atoms with Crippen LogP contribution < -0.4 is 32.0 Å². The highest BCUT2D eigenvalue weighted by molar-refractivity contribution is 7.80. The highest BCUT2D eigenvalue weighted by Crippen LogP contribution is 2.59. The molecule has 468 valence electrons. The number of aliphatic hydroxyl groups excluding tert-OH is 1. The average molecular weight is 1210 g/mol. The molecule has 3 saturated carbocycles. The first-order valence-corrected chi connectivity index (χ1v) is 31.1. The second-order valence-corrected chi connectivity index (χ2v) is 23.3. The summed E-state index contributed by atoms with van der Waals surface area (Å²) < 4.78 is 33.6. The van der Waals surface area contributed by atoms with E-state index in [1.165, 1.54) is 41.5 Å². The van der Waals surface area contributed by atoms with E-state index in [-0.39, 0.29) is 77.1 Å². The molecule has 1 aliphatic heterocycles. The number of hydrogen-bond donors (Lipinski definition) is 8. The number of anilines is 1. The molecule has 20 heteroatoms. The number of thiocarbonyl (C=S) groups is 1. The summed E-state index contributed by atoms with van der Waals surface area (Å²) in [7, 11) is 0. The fourth-order valence-corrected chi connectivity index (χ4v) is 12.4. The van der Waals surface area contributed by atoms with E-state index >= 15 is 0 Å². The molecule has 0 spiro atoms. The van der Waals surface area contributed by atoms with Gasteiger partial charge in [-0.2, -0.15) is 0 Å². The number of allylic oxidation sites excluding steroid dienone is 4. The van der Waals surface area contributed by atoms with Crippen molar-refractivity contribution in [2.24, 2.45) is 23.2 Å². The Morgan fingerprint density at radius 2 is 1.34 bits per heavy atom. The van der Waals surface area contributed by atoms with Crippen molar-refractivity contribution in [3.8, 4) is 28.2 Å². The van der Waals surface area contributed by atoms with Gasteiger partial charge >= 0.3 is 5.97 Å². The van der Waals surface area contributed by atoms with Gasteiger partial charge in [0, 0.05) is 79.3 Å². The molecule has 2 aromatic rings. The summed E-state index contributed by atoms with van der Waals surface area (Å²) in [5.74, 6) is -0.193. The lowest BCUT2D eigenvalue weighted by atomic mass is 9.61. The number of carboxylic acid groups (broad SMARTS) is 1. The van der Waals surface area contributed by atoms with Crippen LogP contribution in [0.2, 0.25) is 0 Å². The first-order valence-electron chi connectivity index (χ1n) is 30.7. The van der Waals surface area contributed by atoms with E-state index < -0.39 is 5.97 Å². The van der Waals surface area contributed by atoms with Gasteiger partial charge in [-0.3, -0.25) is 19.2 Å². The molecule has 3 fully saturated rings. The number of aromatic carboxylic acids is 1. The zero-order valence-electron chi connectivity index (χ0n) is 50.1. The minimum atomic E-state index is -1.16. The summed E-state index contributed by atoms with van der Waals surface area (Å²) in [5, 5.41) is 46.7. The first kappa shape index (κ1) is 67.0. The monoisotopic (exact) mass is 1210 g/mol. The van der Waals surface area contributed by atoms with E-state index in [9.17, 15) is 39.3 Å². The van der Waals surface area contributed by atoms with Gasteiger partial charge in [-0.25, -0.2) is 4.79 Å². The van der Waals surface area contributed by atoms with E-state index in [1.807, 2.05) is 0 Å². The Morgan fingerprint density at radius 3 is 1.99 bits per heavy atom. The van der Waals surface area contributed by atoms with Crippen LogP contribution in [0, 0.1) is 23.2 Å². The molecular formula is C66H89N5O14S. The highest BCUT2D eigenvalue weighted by atomic mass is 32.1. The third-order valence-corrected chi connectivity index (χ3v) is 17.1. The van der Waals surface area contributed by atoms with Crippen LogP contribution in [0.15, 0.2) is 99.3 Å². The van der Waals surface area contributed by atoms with Crippen molar-refractivity contribution in [3.05, 3.63) is 106 Å². The normalized spacial score (nSPS) is 19.8. The Balaban J connectivity index is 0.609. The minimum absolute atomic E-state index is 0.00568. The number of phenolic OH excluding ortho intramolecular Hbond substituents is 1. The Hall–Kier alpha value is -6.52. The van der Waals surface area contributed by atoms with E-state index in [0.717, 1.165) is 82.6 Å². The van der Waals surface area contributed by atoms with Crippen molar-refractivity contribution in [2.75, 3.05) is 97.6 Å². The number of nitrogens with one attached hydrogen (secondary N) is 5. The molecule has 7 rings (SSSR count). The van der Waals surface area contributed by atoms with Gasteiger partial charge in [0.1, 0.15) is 17.1 Å². The fourth-order valence-electron chi connectivity index (χ4n) is 12.2. The molecule has 19 nitrogen and oxygen atoms in total. The van der Waals surface area contributed by atoms with E-state index in [0.29, 0.717) is 142 Å². The number of carbonyl (C=O) groups excluding carboxylic acids is 3. The highest BCUT2D eigenvalue weighted by Gasteiger charge is 2.52. The number of aromatic hydroxyl groups is 1. The molecule has 5 atom stereocenters. The van der Waals surface area contributed by atoms with Crippen LogP contribution in [0.4, 0.5) is 5.69 Å². The molecule has 2 aromatic carbocycles. The van der Waals surface area contributed by atoms with Crippen LogP contribution in [0.25, 0.3) is 33.4 Å². The second kappa shape index (κ2) is 34.7. The van der Waals surface area contributed by atoms with Gasteiger partial charge in [-0.1, -0.05) is 49.8 Å². The summed E-state index contributed by atoms with van der Waals surface area (Å²) in [5.41, 5.74) is 5.93. The van der Waals surface area contributed by atoms with Crippen molar-refractivity contribution in [3.63, 3.8) is 0 Å². The number of benzene rings is 3. The number of aliphatic hydroxyl groups is 1. The van der Waals surface area contributed by atoms with Gasteiger partial charge < -0.3 is 70.0 Å². The minimum Gasteiger partial charge on any atom is -0.508 e. The molecule has 4 aliphatic carbocycles. The number of amides is 3. The molecule has 86 heavy (non-hydrogen) atoms. The molecule has 1 heterocycles. The number of unbranched alkanes of at least 4 members (excludes halogenated alkanes) is 3. The van der Waals surface area contributed by atoms with Crippen LogP contribution in [0.3, 0.4) is 0 Å². The molecule has 0 bridgehead atoms.